The highest BCUT2D eigenvalue weighted by molar-refractivity contribution is 7.89. The first-order valence-electron chi connectivity index (χ1n) is 8.22. The van der Waals surface area contributed by atoms with Crippen LogP contribution in [0, 0.1) is 11.6 Å². The maximum atomic E-state index is 13.4. The summed E-state index contributed by atoms with van der Waals surface area (Å²) in [6.07, 6.45) is 0. The number of methoxy groups -OCH3 is 1. The summed E-state index contributed by atoms with van der Waals surface area (Å²) in [5.41, 5.74) is 0.400. The average Bonchev–Trinajstić information content (AvgIpc) is 2.69. The molecular formula is C18H18F2N2O4S. The highest BCUT2D eigenvalue weighted by Crippen LogP contribution is 2.23. The Morgan fingerprint density at radius 2 is 1.67 bits per heavy atom. The number of hydrogen-bond donors (Lipinski definition) is 0. The number of nitrogens with zero attached hydrogens (tertiary/aromatic N) is 2. The summed E-state index contributed by atoms with van der Waals surface area (Å²) in [6, 6.07) is 9.27. The summed E-state index contributed by atoms with van der Waals surface area (Å²) in [7, 11) is -2.49. The topological polar surface area (TPSA) is 66.9 Å². The number of amides is 1. The van der Waals surface area contributed by atoms with E-state index in [9.17, 15) is 22.0 Å². The van der Waals surface area contributed by atoms with Crippen LogP contribution in [0.3, 0.4) is 0 Å². The second-order valence-electron chi connectivity index (χ2n) is 5.97. The van der Waals surface area contributed by atoms with Crippen molar-refractivity contribution >= 4 is 15.9 Å². The van der Waals surface area contributed by atoms with Crippen LogP contribution < -0.4 is 4.74 Å². The second kappa shape index (κ2) is 7.61. The van der Waals surface area contributed by atoms with Gasteiger partial charge in [-0.1, -0.05) is 12.1 Å². The first-order valence-corrected chi connectivity index (χ1v) is 9.66. The van der Waals surface area contributed by atoms with Gasteiger partial charge in [0.1, 0.15) is 5.75 Å². The molecule has 0 spiro atoms. The van der Waals surface area contributed by atoms with Gasteiger partial charge in [0.2, 0.25) is 10.0 Å². The predicted octanol–water partition coefficient (Wildman–Crippen LogP) is 2.12. The van der Waals surface area contributed by atoms with Crippen LogP contribution in [0.2, 0.25) is 0 Å². The Labute approximate surface area is 156 Å². The van der Waals surface area contributed by atoms with Crippen molar-refractivity contribution in [2.24, 2.45) is 0 Å². The maximum Gasteiger partial charge on any atom is 0.257 e. The van der Waals surface area contributed by atoms with Gasteiger partial charge in [-0.2, -0.15) is 4.31 Å². The molecule has 0 atom stereocenters. The first kappa shape index (κ1) is 19.2. The van der Waals surface area contributed by atoms with Crippen LogP contribution in [0.25, 0.3) is 0 Å². The van der Waals surface area contributed by atoms with Gasteiger partial charge in [-0.05, 0) is 30.3 Å². The van der Waals surface area contributed by atoms with Gasteiger partial charge in [0, 0.05) is 26.2 Å². The van der Waals surface area contributed by atoms with Gasteiger partial charge in [0.05, 0.1) is 17.6 Å². The zero-order chi connectivity index (χ0) is 19.6. The van der Waals surface area contributed by atoms with Gasteiger partial charge in [-0.15, -0.1) is 0 Å². The molecule has 1 amide bonds. The molecule has 0 aliphatic carbocycles. The molecule has 0 bridgehead atoms. The summed E-state index contributed by atoms with van der Waals surface area (Å²) in [6.45, 7) is 0.476. The predicted molar refractivity (Wildman–Crippen MR) is 94.0 cm³/mol. The molecule has 1 aliphatic heterocycles. The lowest BCUT2D eigenvalue weighted by Crippen LogP contribution is -2.50. The van der Waals surface area contributed by atoms with Crippen molar-refractivity contribution in [1.82, 2.24) is 9.21 Å². The van der Waals surface area contributed by atoms with Crippen molar-refractivity contribution in [3.8, 4) is 5.75 Å². The lowest BCUT2D eigenvalue weighted by Gasteiger charge is -2.34. The van der Waals surface area contributed by atoms with Crippen molar-refractivity contribution in [2.75, 3.05) is 33.3 Å². The van der Waals surface area contributed by atoms with Crippen molar-refractivity contribution in [2.45, 2.75) is 4.90 Å². The summed E-state index contributed by atoms with van der Waals surface area (Å²) >= 11 is 0. The normalized spacial score (nSPS) is 15.6. The van der Waals surface area contributed by atoms with Crippen LogP contribution in [0.5, 0.6) is 5.75 Å². The third-order valence-corrected chi connectivity index (χ3v) is 6.29. The van der Waals surface area contributed by atoms with Crippen molar-refractivity contribution in [1.29, 1.82) is 0 Å². The van der Waals surface area contributed by atoms with Crippen molar-refractivity contribution in [3.05, 3.63) is 59.7 Å². The SMILES string of the molecule is COc1ccccc1C(=O)N1CCN(S(=O)(=O)c2ccc(F)c(F)c2)CC1. The van der Waals surface area contributed by atoms with E-state index in [4.69, 9.17) is 4.74 Å². The Hall–Kier alpha value is -2.52. The standard InChI is InChI=1S/C18H18F2N2O4S/c1-26-17-5-3-2-4-14(17)18(23)21-8-10-22(11-9-21)27(24,25)13-6-7-15(19)16(20)12-13/h2-7,12H,8-11H2,1H3. The molecule has 0 saturated carbocycles. The summed E-state index contributed by atoms with van der Waals surface area (Å²) in [4.78, 5) is 13.9. The molecule has 9 heteroatoms. The summed E-state index contributed by atoms with van der Waals surface area (Å²) in [5.74, 6) is -2.14. The minimum Gasteiger partial charge on any atom is -0.496 e. The fraction of sp³-hybridized carbons (Fsp3) is 0.278. The molecule has 0 unspecified atom stereocenters. The zero-order valence-electron chi connectivity index (χ0n) is 14.6. The number of carbonyl (C=O) groups excluding carboxylic acids is 1. The highest BCUT2D eigenvalue weighted by Gasteiger charge is 2.31. The Bertz CT molecular complexity index is 958. The Kier molecular flexibility index (Phi) is 5.43. The van der Waals surface area contributed by atoms with E-state index in [0.29, 0.717) is 17.4 Å². The number of halogens is 2. The minimum atomic E-state index is -3.96. The van der Waals surface area contributed by atoms with E-state index in [-0.39, 0.29) is 37.0 Å². The molecule has 1 heterocycles. The van der Waals surface area contributed by atoms with Gasteiger partial charge in [0.15, 0.2) is 11.6 Å². The molecule has 1 fully saturated rings. The molecule has 1 aliphatic rings. The highest BCUT2D eigenvalue weighted by atomic mass is 32.2. The maximum absolute atomic E-state index is 13.4. The Balaban J connectivity index is 1.73. The van der Waals surface area contributed by atoms with E-state index >= 15 is 0 Å². The van der Waals surface area contributed by atoms with Gasteiger partial charge in [-0.3, -0.25) is 4.79 Å². The number of hydrogen-bond acceptors (Lipinski definition) is 4. The van der Waals surface area contributed by atoms with Crippen molar-refractivity contribution < 1.29 is 26.7 Å². The fourth-order valence-electron chi connectivity index (χ4n) is 2.91. The molecule has 0 aromatic heterocycles. The van der Waals surface area contributed by atoms with Crippen LogP contribution in [-0.2, 0) is 10.0 Å². The van der Waals surface area contributed by atoms with Gasteiger partial charge in [0.25, 0.3) is 5.91 Å². The third kappa shape index (κ3) is 3.79. The first-order chi connectivity index (χ1) is 12.8. The van der Waals surface area contributed by atoms with E-state index in [1.54, 1.807) is 24.3 Å². The van der Waals surface area contributed by atoms with E-state index in [1.807, 2.05) is 0 Å². The lowest BCUT2D eigenvalue weighted by molar-refractivity contribution is 0.0694. The molecule has 2 aromatic rings. The van der Waals surface area contributed by atoms with Crippen LogP contribution in [0.15, 0.2) is 47.4 Å². The second-order valence-corrected chi connectivity index (χ2v) is 7.91. The molecule has 144 valence electrons. The molecule has 6 nitrogen and oxygen atoms in total. The molecule has 27 heavy (non-hydrogen) atoms. The van der Waals surface area contributed by atoms with Crippen LogP contribution in [0.4, 0.5) is 8.78 Å². The number of benzene rings is 2. The van der Waals surface area contributed by atoms with E-state index in [0.717, 1.165) is 16.4 Å². The molecule has 0 radical (unpaired) electrons. The van der Waals surface area contributed by atoms with Crippen molar-refractivity contribution in [3.63, 3.8) is 0 Å². The van der Waals surface area contributed by atoms with E-state index in [1.165, 1.54) is 12.0 Å². The average molecular weight is 396 g/mol. The molecule has 3 rings (SSSR count). The Morgan fingerprint density at radius 1 is 1.00 bits per heavy atom. The molecule has 1 saturated heterocycles. The van der Waals surface area contributed by atoms with Gasteiger partial charge < -0.3 is 9.64 Å². The summed E-state index contributed by atoms with van der Waals surface area (Å²) < 4.78 is 58.0. The number of piperazine rings is 1. The minimum absolute atomic E-state index is 0.0578. The summed E-state index contributed by atoms with van der Waals surface area (Å²) in [5, 5.41) is 0. The fourth-order valence-corrected chi connectivity index (χ4v) is 4.34. The van der Waals surface area contributed by atoms with E-state index < -0.39 is 21.7 Å². The number of ether oxygens (including phenoxy) is 1. The molecule has 2 aromatic carbocycles. The molecule has 0 N–H and O–H groups in total. The van der Waals surface area contributed by atoms with Crippen LogP contribution in [-0.4, -0.2) is 56.8 Å². The smallest absolute Gasteiger partial charge is 0.257 e. The largest absolute Gasteiger partial charge is 0.496 e. The third-order valence-electron chi connectivity index (χ3n) is 4.39. The monoisotopic (exact) mass is 396 g/mol. The van der Waals surface area contributed by atoms with Gasteiger partial charge in [-0.25, -0.2) is 17.2 Å². The number of rotatable bonds is 4. The zero-order valence-corrected chi connectivity index (χ0v) is 15.4. The van der Waals surface area contributed by atoms with Gasteiger partial charge >= 0.3 is 0 Å². The van der Waals surface area contributed by atoms with Crippen LogP contribution in [0.1, 0.15) is 10.4 Å². The quantitative estimate of drug-likeness (QED) is 0.794. The lowest BCUT2D eigenvalue weighted by atomic mass is 10.1. The van der Waals surface area contributed by atoms with Crippen LogP contribution >= 0.6 is 0 Å². The number of sulfonamides is 1. The number of para-hydroxylation sites is 1. The number of carbonyl (C=O) groups is 1. The van der Waals surface area contributed by atoms with E-state index in [2.05, 4.69) is 0 Å². The molecular weight excluding hydrogens is 378 g/mol. The Morgan fingerprint density at radius 3 is 2.30 bits per heavy atom.